The molecule has 1 saturated carbocycles. The molecular formula is C42H51N3O11. The van der Waals surface area contributed by atoms with Gasteiger partial charge in [-0.05, 0) is 85.0 Å². The molecule has 56 heavy (non-hydrogen) atoms. The third-order valence-corrected chi connectivity index (χ3v) is 11.2. The maximum absolute atomic E-state index is 13.7. The fourth-order valence-corrected chi connectivity index (χ4v) is 8.55. The average Bonchev–Trinajstić information content (AvgIpc) is 3.60. The summed E-state index contributed by atoms with van der Waals surface area (Å²) in [5, 5.41) is 8.21. The zero-order valence-electron chi connectivity index (χ0n) is 33.0. The Balaban J connectivity index is 0.00000262. The maximum Gasteiger partial charge on any atom is 0.514 e. The predicted octanol–water partition coefficient (Wildman–Crippen LogP) is 5.93. The van der Waals surface area contributed by atoms with Gasteiger partial charge in [0.05, 0.1) is 46.0 Å². The van der Waals surface area contributed by atoms with Crippen molar-refractivity contribution in [2.24, 2.45) is 17.8 Å². The maximum atomic E-state index is 13.7. The van der Waals surface area contributed by atoms with E-state index in [-0.39, 0.29) is 53.3 Å². The number of aliphatic hydroxyl groups excluding tert-OH is 1. The molecule has 1 saturated heterocycles. The first-order valence-electron chi connectivity index (χ1n) is 18.6. The number of aromatic nitrogens is 1. The van der Waals surface area contributed by atoms with Gasteiger partial charge in [-0.1, -0.05) is 12.1 Å². The highest BCUT2D eigenvalue weighted by molar-refractivity contribution is 5.91. The van der Waals surface area contributed by atoms with E-state index >= 15 is 0 Å². The second-order valence-corrected chi connectivity index (χ2v) is 14.4. The second kappa shape index (κ2) is 17.5. The van der Waals surface area contributed by atoms with Crippen molar-refractivity contribution >= 4 is 34.7 Å². The number of anilines is 1. The zero-order chi connectivity index (χ0) is 40.1. The summed E-state index contributed by atoms with van der Waals surface area (Å²) in [6.07, 6.45) is 1.19. The molecular weight excluding hydrogens is 722 g/mol. The van der Waals surface area contributed by atoms with Crippen LogP contribution in [-0.2, 0) is 32.0 Å². The van der Waals surface area contributed by atoms with Gasteiger partial charge in [-0.2, -0.15) is 0 Å². The minimum absolute atomic E-state index is 0.0104. The van der Waals surface area contributed by atoms with E-state index in [1.165, 1.54) is 50.1 Å². The molecule has 0 radical (unpaired) electrons. The number of hydrogen-bond donors (Lipinski definition) is 2. The van der Waals surface area contributed by atoms with Gasteiger partial charge in [-0.25, -0.2) is 9.59 Å². The molecule has 14 nitrogen and oxygen atoms in total. The van der Waals surface area contributed by atoms with Crippen LogP contribution >= 0.6 is 0 Å². The number of esters is 2. The normalized spacial score (nSPS) is 21.2. The van der Waals surface area contributed by atoms with Gasteiger partial charge < -0.3 is 48.1 Å². The van der Waals surface area contributed by atoms with Crippen LogP contribution in [0.25, 0.3) is 10.9 Å². The SMILES string of the molecule is CO.COC(=O)C1CC(OC(=O)c2cc(OC)c(OC(=O)OCc3cccc(N(C)C)c3)c(OC)c2)C[C@@H]2CN3CCc4c([nH]c5cc(OC)ccc45)C3C[C@H]12. The average molecular weight is 774 g/mol. The molecule has 2 aliphatic heterocycles. The molecule has 1 aliphatic carbocycles. The largest absolute Gasteiger partial charge is 0.514 e. The molecule has 0 spiro atoms. The van der Waals surface area contributed by atoms with Gasteiger partial charge in [0.1, 0.15) is 18.5 Å². The smallest absolute Gasteiger partial charge is 0.497 e. The fraction of sp³-hybridized carbons (Fsp3) is 0.452. The molecule has 7 rings (SSSR count). The Morgan fingerprint density at radius 3 is 2.34 bits per heavy atom. The highest BCUT2D eigenvalue weighted by Crippen LogP contribution is 2.50. The van der Waals surface area contributed by atoms with Crippen molar-refractivity contribution in [1.29, 1.82) is 0 Å². The quantitative estimate of drug-likeness (QED) is 0.111. The van der Waals surface area contributed by atoms with Gasteiger partial charge in [0.15, 0.2) is 11.5 Å². The number of fused-ring (bicyclic) bond motifs is 6. The van der Waals surface area contributed by atoms with Crippen molar-refractivity contribution in [3.05, 3.63) is 77.0 Å². The monoisotopic (exact) mass is 773 g/mol. The fourth-order valence-electron chi connectivity index (χ4n) is 8.55. The molecule has 14 heteroatoms. The number of aromatic amines is 1. The molecule has 2 N–H and O–H groups in total. The van der Waals surface area contributed by atoms with Gasteiger partial charge in [0.2, 0.25) is 5.75 Å². The molecule has 4 aromatic rings. The number of ether oxygens (including phenoxy) is 7. The summed E-state index contributed by atoms with van der Waals surface area (Å²) in [6.45, 7) is 1.67. The number of methoxy groups -OCH3 is 4. The molecule has 0 bridgehead atoms. The molecule has 3 unspecified atom stereocenters. The van der Waals surface area contributed by atoms with E-state index in [0.717, 1.165) is 55.6 Å². The van der Waals surface area contributed by atoms with E-state index in [2.05, 4.69) is 16.0 Å². The predicted molar refractivity (Wildman–Crippen MR) is 208 cm³/mol. The lowest BCUT2D eigenvalue weighted by Crippen LogP contribution is -2.52. The molecule has 3 aromatic carbocycles. The lowest BCUT2D eigenvalue weighted by atomic mass is 9.65. The molecule has 5 atom stereocenters. The molecule has 300 valence electrons. The number of benzene rings is 3. The Hall–Kier alpha value is -5.47. The third kappa shape index (κ3) is 8.21. The van der Waals surface area contributed by atoms with E-state index in [0.29, 0.717) is 12.8 Å². The zero-order valence-corrected chi connectivity index (χ0v) is 33.0. The van der Waals surface area contributed by atoms with E-state index in [9.17, 15) is 14.4 Å². The highest BCUT2D eigenvalue weighted by Gasteiger charge is 2.49. The Bertz CT molecular complexity index is 2020. The number of carbonyl (C=O) groups excluding carboxylic acids is 3. The summed E-state index contributed by atoms with van der Waals surface area (Å²) in [6, 6.07) is 16.7. The van der Waals surface area contributed by atoms with Crippen LogP contribution in [0, 0.1) is 17.8 Å². The van der Waals surface area contributed by atoms with Crippen LogP contribution < -0.4 is 23.8 Å². The van der Waals surface area contributed by atoms with E-state index in [4.69, 9.17) is 38.3 Å². The van der Waals surface area contributed by atoms with Crippen molar-refractivity contribution in [3.8, 4) is 23.0 Å². The Kier molecular flexibility index (Phi) is 12.6. The first kappa shape index (κ1) is 40.2. The number of carbonyl (C=O) groups is 3. The minimum Gasteiger partial charge on any atom is -0.497 e. The number of aliphatic hydroxyl groups is 1. The van der Waals surface area contributed by atoms with Crippen LogP contribution in [0.5, 0.6) is 23.0 Å². The standard InChI is InChI=1S/C41H47N3O10.CH4O/c1-43(2)26-9-7-8-23(14-26)22-52-41(47)54-38-35(49-4)16-24(17-36(38)50-5)39(45)53-28-15-25-21-44-13-12-30-29-11-10-27(48-3)19-33(29)42-37(30)34(44)20-31(25)32(18-28)40(46)51-6;1-2/h7-11,14,16-17,19,25,28,31-32,34,42H,12-13,15,18,20-22H2,1-6H3;2H,1H3/t25-,28?,31+,32?,34?;/m1./s1. The summed E-state index contributed by atoms with van der Waals surface area (Å²) in [4.78, 5) is 47.9. The number of nitrogens with one attached hydrogen (secondary N) is 1. The summed E-state index contributed by atoms with van der Waals surface area (Å²) in [5.41, 5.74) is 5.48. The van der Waals surface area contributed by atoms with Gasteiger partial charge >= 0.3 is 18.1 Å². The Morgan fingerprint density at radius 1 is 0.911 bits per heavy atom. The molecule has 1 aromatic heterocycles. The summed E-state index contributed by atoms with van der Waals surface area (Å²) >= 11 is 0. The number of H-pyrrole nitrogens is 1. The van der Waals surface area contributed by atoms with E-state index in [1.54, 1.807) is 7.11 Å². The number of piperidine rings is 1. The van der Waals surface area contributed by atoms with Crippen molar-refractivity contribution < 1.29 is 52.6 Å². The van der Waals surface area contributed by atoms with E-state index in [1.807, 2.05) is 55.4 Å². The van der Waals surface area contributed by atoms with Crippen LogP contribution in [0.4, 0.5) is 10.5 Å². The lowest BCUT2D eigenvalue weighted by Gasteiger charge is -2.51. The molecule has 3 heterocycles. The molecule has 3 aliphatic rings. The van der Waals surface area contributed by atoms with Crippen molar-refractivity contribution in [3.63, 3.8) is 0 Å². The van der Waals surface area contributed by atoms with Crippen LogP contribution in [0.2, 0.25) is 0 Å². The summed E-state index contributed by atoms with van der Waals surface area (Å²) < 4.78 is 38.8. The van der Waals surface area contributed by atoms with Gasteiger partial charge in [0, 0.05) is 62.6 Å². The van der Waals surface area contributed by atoms with E-state index < -0.39 is 24.1 Å². The third-order valence-electron chi connectivity index (χ3n) is 11.2. The Labute approximate surface area is 326 Å². The van der Waals surface area contributed by atoms with Crippen LogP contribution in [0.3, 0.4) is 0 Å². The molecule has 2 fully saturated rings. The lowest BCUT2D eigenvalue weighted by molar-refractivity contribution is -0.155. The summed E-state index contributed by atoms with van der Waals surface area (Å²) in [7, 11) is 10.7. The minimum atomic E-state index is -0.966. The second-order valence-electron chi connectivity index (χ2n) is 14.4. The first-order valence-corrected chi connectivity index (χ1v) is 18.6. The highest BCUT2D eigenvalue weighted by atomic mass is 16.7. The van der Waals surface area contributed by atoms with Gasteiger partial charge in [0.25, 0.3) is 0 Å². The molecule has 0 amide bonds. The van der Waals surface area contributed by atoms with Crippen molar-refractivity contribution in [1.82, 2.24) is 9.88 Å². The van der Waals surface area contributed by atoms with Crippen molar-refractivity contribution in [2.75, 3.05) is 67.6 Å². The number of hydrogen-bond acceptors (Lipinski definition) is 13. The van der Waals surface area contributed by atoms with Crippen LogP contribution in [0.15, 0.2) is 54.6 Å². The van der Waals surface area contributed by atoms with Gasteiger partial charge in [-0.3, -0.25) is 9.69 Å². The topological polar surface area (TPSA) is 158 Å². The van der Waals surface area contributed by atoms with Crippen LogP contribution in [0.1, 0.15) is 52.5 Å². The van der Waals surface area contributed by atoms with Crippen LogP contribution in [-0.4, -0.2) is 102 Å². The van der Waals surface area contributed by atoms with Crippen molar-refractivity contribution in [2.45, 2.75) is 44.4 Å². The number of rotatable bonds is 10. The van der Waals surface area contributed by atoms with Gasteiger partial charge in [-0.15, -0.1) is 0 Å². The first-order chi connectivity index (χ1) is 27.1. The summed E-state index contributed by atoms with van der Waals surface area (Å²) in [5.74, 6) is -0.209. The Morgan fingerprint density at radius 2 is 1.66 bits per heavy atom. The number of nitrogens with zero attached hydrogens (tertiary/aromatic N) is 2.